The molecule has 3 heterocycles. The number of carbonyl (C=O) groups is 2. The van der Waals surface area contributed by atoms with Crippen molar-refractivity contribution < 1.29 is 9.59 Å². The van der Waals surface area contributed by atoms with E-state index in [0.717, 1.165) is 23.1 Å². The maximum absolute atomic E-state index is 13.4. The molecule has 0 saturated carbocycles. The highest BCUT2D eigenvalue weighted by atomic mass is 16.2. The second kappa shape index (κ2) is 8.93. The van der Waals surface area contributed by atoms with Crippen molar-refractivity contribution in [3.05, 3.63) is 23.5 Å². The molecule has 7 nitrogen and oxygen atoms in total. The summed E-state index contributed by atoms with van der Waals surface area (Å²) in [5, 5.41) is 8.25. The van der Waals surface area contributed by atoms with Gasteiger partial charge in [-0.1, -0.05) is 20.8 Å². The zero-order valence-electron chi connectivity index (χ0n) is 18.2. The van der Waals surface area contributed by atoms with Crippen LogP contribution in [0.1, 0.15) is 81.9 Å². The van der Waals surface area contributed by atoms with Gasteiger partial charge >= 0.3 is 0 Å². The van der Waals surface area contributed by atoms with Crippen molar-refractivity contribution >= 4 is 22.8 Å². The summed E-state index contributed by atoms with van der Waals surface area (Å²) in [6, 6.07) is 2.09. The Balaban J connectivity index is 1.83. The van der Waals surface area contributed by atoms with Crippen molar-refractivity contribution in [1.82, 2.24) is 25.0 Å². The minimum atomic E-state index is -0.00187. The van der Waals surface area contributed by atoms with E-state index in [1.54, 1.807) is 6.20 Å². The zero-order chi connectivity index (χ0) is 21.1. The van der Waals surface area contributed by atoms with Crippen LogP contribution in [-0.4, -0.2) is 51.1 Å². The second-order valence-electron chi connectivity index (χ2n) is 8.53. The van der Waals surface area contributed by atoms with E-state index >= 15 is 0 Å². The smallest absolute Gasteiger partial charge is 0.254 e. The van der Waals surface area contributed by atoms with Crippen LogP contribution in [0.5, 0.6) is 0 Å². The van der Waals surface area contributed by atoms with E-state index in [0.29, 0.717) is 38.0 Å². The first-order valence-corrected chi connectivity index (χ1v) is 10.8. The first-order chi connectivity index (χ1) is 13.8. The van der Waals surface area contributed by atoms with Crippen LogP contribution in [0, 0.1) is 5.92 Å². The highest BCUT2D eigenvalue weighted by Crippen LogP contribution is 2.27. The van der Waals surface area contributed by atoms with Crippen molar-refractivity contribution in [2.45, 2.75) is 65.8 Å². The first kappa shape index (κ1) is 21.3. The number of likely N-dealkylation sites (tertiary alicyclic amines) is 1. The van der Waals surface area contributed by atoms with Gasteiger partial charge in [0.05, 0.1) is 17.1 Å². The summed E-state index contributed by atoms with van der Waals surface area (Å²) in [6.07, 6.45) is 4.10. The van der Waals surface area contributed by atoms with Gasteiger partial charge in [0.1, 0.15) is 0 Å². The van der Waals surface area contributed by atoms with Crippen LogP contribution in [0.4, 0.5) is 0 Å². The summed E-state index contributed by atoms with van der Waals surface area (Å²) in [5.41, 5.74) is 2.33. The molecule has 1 saturated heterocycles. The Morgan fingerprint density at radius 2 is 1.90 bits per heavy atom. The Morgan fingerprint density at radius 1 is 1.21 bits per heavy atom. The van der Waals surface area contributed by atoms with Crippen LogP contribution in [-0.2, 0) is 4.79 Å². The highest BCUT2D eigenvalue weighted by Gasteiger charge is 2.29. The Labute approximate surface area is 172 Å². The van der Waals surface area contributed by atoms with Crippen LogP contribution in [0.25, 0.3) is 11.0 Å². The van der Waals surface area contributed by atoms with E-state index in [2.05, 4.69) is 38.1 Å². The highest BCUT2D eigenvalue weighted by molar-refractivity contribution is 6.05. The number of fused-ring (bicyclic) bond motifs is 1. The molecule has 158 valence electrons. The summed E-state index contributed by atoms with van der Waals surface area (Å²) in [7, 11) is 0. The van der Waals surface area contributed by atoms with Crippen molar-refractivity contribution in [2.75, 3.05) is 19.6 Å². The van der Waals surface area contributed by atoms with Crippen molar-refractivity contribution in [2.24, 2.45) is 5.92 Å². The number of rotatable bonds is 6. The fraction of sp³-hybridized carbons (Fsp3) is 0.636. The predicted molar refractivity (Wildman–Crippen MR) is 114 cm³/mol. The lowest BCUT2D eigenvalue weighted by Gasteiger charge is -2.31. The lowest BCUT2D eigenvalue weighted by molar-refractivity contribution is -0.126. The molecular weight excluding hydrogens is 366 g/mol. The van der Waals surface area contributed by atoms with Gasteiger partial charge in [-0.3, -0.25) is 9.59 Å². The molecule has 2 aromatic heterocycles. The lowest BCUT2D eigenvalue weighted by atomic mass is 9.95. The van der Waals surface area contributed by atoms with Gasteiger partial charge < -0.3 is 10.2 Å². The van der Waals surface area contributed by atoms with E-state index in [4.69, 9.17) is 4.98 Å². The maximum Gasteiger partial charge on any atom is 0.254 e. The van der Waals surface area contributed by atoms with Crippen LogP contribution in [0.2, 0.25) is 0 Å². The van der Waals surface area contributed by atoms with Crippen molar-refractivity contribution in [3.8, 4) is 0 Å². The summed E-state index contributed by atoms with van der Waals surface area (Å²) < 4.78 is 1.88. The average Bonchev–Trinajstić information content (AvgIpc) is 3.15. The van der Waals surface area contributed by atoms with Gasteiger partial charge in [-0.05, 0) is 45.1 Å². The number of pyridine rings is 1. The molecule has 0 atom stereocenters. The van der Waals surface area contributed by atoms with Crippen molar-refractivity contribution in [1.29, 1.82) is 0 Å². The minimum Gasteiger partial charge on any atom is -0.356 e. The summed E-state index contributed by atoms with van der Waals surface area (Å²) in [5.74, 6) is 0.341. The normalized spacial score (nSPS) is 15.5. The monoisotopic (exact) mass is 399 g/mol. The molecule has 1 aliphatic rings. The van der Waals surface area contributed by atoms with Crippen LogP contribution in [0.15, 0.2) is 12.3 Å². The molecule has 2 amide bonds. The second-order valence-corrected chi connectivity index (χ2v) is 8.53. The van der Waals surface area contributed by atoms with Crippen LogP contribution >= 0.6 is 0 Å². The van der Waals surface area contributed by atoms with Crippen molar-refractivity contribution in [3.63, 3.8) is 0 Å². The first-order valence-electron chi connectivity index (χ1n) is 10.8. The topological polar surface area (TPSA) is 80.1 Å². The largest absolute Gasteiger partial charge is 0.356 e. The molecule has 0 unspecified atom stereocenters. The molecule has 0 aliphatic carbocycles. The number of carbonyl (C=O) groups excluding carboxylic acids is 2. The maximum atomic E-state index is 13.4. The van der Waals surface area contributed by atoms with Crippen LogP contribution < -0.4 is 5.32 Å². The Bertz CT molecular complexity index is 879. The molecule has 7 heteroatoms. The van der Waals surface area contributed by atoms with Gasteiger partial charge in [-0.2, -0.15) is 5.10 Å². The molecule has 3 rings (SSSR count). The van der Waals surface area contributed by atoms with Gasteiger partial charge in [0.15, 0.2) is 5.65 Å². The number of nitrogens with one attached hydrogen (secondary N) is 1. The molecule has 1 fully saturated rings. The number of piperidine rings is 1. The third-order valence-corrected chi connectivity index (χ3v) is 5.60. The molecule has 0 spiro atoms. The Hall–Kier alpha value is -2.44. The third-order valence-electron chi connectivity index (χ3n) is 5.60. The average molecular weight is 400 g/mol. The quantitative estimate of drug-likeness (QED) is 0.806. The van der Waals surface area contributed by atoms with Gasteiger partial charge in [-0.25, -0.2) is 9.67 Å². The molecule has 0 radical (unpaired) electrons. The van der Waals surface area contributed by atoms with Gasteiger partial charge in [0.25, 0.3) is 5.91 Å². The number of amides is 2. The van der Waals surface area contributed by atoms with E-state index in [1.807, 2.05) is 22.6 Å². The molecule has 29 heavy (non-hydrogen) atoms. The van der Waals surface area contributed by atoms with E-state index in [9.17, 15) is 9.59 Å². The number of nitrogens with zero attached hydrogens (tertiary/aromatic N) is 4. The van der Waals surface area contributed by atoms with E-state index in [1.165, 1.54) is 0 Å². The standard InChI is InChI=1S/C22H33N5O2/c1-6-9-23-21(28)16-7-10-26(11-8-16)22(29)17-12-19(14(2)3)25-20-18(17)13-24-27(20)15(4)5/h12-16H,6-11H2,1-5H3,(H,23,28). The number of aromatic nitrogens is 3. The predicted octanol–water partition coefficient (Wildman–Crippen LogP) is 3.51. The molecule has 1 N–H and O–H groups in total. The SMILES string of the molecule is CCCNC(=O)C1CCN(C(=O)c2cc(C(C)C)nc3c2cnn3C(C)C)CC1. The fourth-order valence-corrected chi connectivity index (χ4v) is 3.80. The summed E-state index contributed by atoms with van der Waals surface area (Å²) in [4.78, 5) is 32.3. The zero-order valence-corrected chi connectivity index (χ0v) is 18.2. The van der Waals surface area contributed by atoms with Gasteiger partial charge in [-0.15, -0.1) is 0 Å². The fourth-order valence-electron chi connectivity index (χ4n) is 3.80. The van der Waals surface area contributed by atoms with E-state index < -0.39 is 0 Å². The van der Waals surface area contributed by atoms with Crippen LogP contribution in [0.3, 0.4) is 0 Å². The van der Waals surface area contributed by atoms with E-state index in [-0.39, 0.29) is 29.7 Å². The third kappa shape index (κ3) is 4.43. The lowest BCUT2D eigenvalue weighted by Crippen LogP contribution is -2.43. The molecule has 2 aromatic rings. The summed E-state index contributed by atoms with van der Waals surface area (Å²) in [6.45, 7) is 12.2. The Kier molecular flexibility index (Phi) is 6.55. The van der Waals surface area contributed by atoms with Gasteiger partial charge in [0.2, 0.25) is 5.91 Å². The Morgan fingerprint density at radius 3 is 2.48 bits per heavy atom. The summed E-state index contributed by atoms with van der Waals surface area (Å²) >= 11 is 0. The molecule has 0 aromatic carbocycles. The van der Waals surface area contributed by atoms with Gasteiger partial charge in [0, 0.05) is 37.3 Å². The molecule has 1 aliphatic heterocycles. The molecule has 0 bridgehead atoms. The number of hydrogen-bond acceptors (Lipinski definition) is 4. The minimum absolute atomic E-state index is 0.00187. The number of hydrogen-bond donors (Lipinski definition) is 1. The molecular formula is C22H33N5O2.